The number of likely N-dealkylation sites (tertiary alicyclic amines) is 1. The lowest BCUT2D eigenvalue weighted by atomic mass is 10.0. The van der Waals surface area contributed by atoms with Crippen molar-refractivity contribution in [1.29, 1.82) is 0 Å². The van der Waals surface area contributed by atoms with Crippen LogP contribution in [0.3, 0.4) is 0 Å². The highest BCUT2D eigenvalue weighted by Gasteiger charge is 2.24. The second-order valence-electron chi connectivity index (χ2n) is 6.13. The van der Waals surface area contributed by atoms with Gasteiger partial charge in [-0.3, -0.25) is 9.80 Å². The highest BCUT2D eigenvalue weighted by Crippen LogP contribution is 2.18. The minimum atomic E-state index is 0.306. The van der Waals surface area contributed by atoms with Gasteiger partial charge in [-0.2, -0.15) is 0 Å². The summed E-state index contributed by atoms with van der Waals surface area (Å²) in [6.07, 6.45) is 4.68. The van der Waals surface area contributed by atoms with E-state index in [4.69, 9.17) is 5.11 Å². The molecule has 0 bridgehead atoms. The predicted molar refractivity (Wildman–Crippen MR) is 88.3 cm³/mol. The number of hydrogen-bond donors (Lipinski definition) is 1. The maximum absolute atomic E-state index is 9.09. The third-order valence-electron chi connectivity index (χ3n) is 4.36. The summed E-state index contributed by atoms with van der Waals surface area (Å²) in [4.78, 5) is 5.18. The zero-order chi connectivity index (χ0) is 14.9. The summed E-state index contributed by atoms with van der Waals surface area (Å²) in [6, 6.07) is 11.4. The molecular formula is C18H30N2O. The molecule has 3 nitrogen and oxygen atoms in total. The van der Waals surface area contributed by atoms with Gasteiger partial charge in [0.2, 0.25) is 0 Å². The molecule has 0 saturated carbocycles. The topological polar surface area (TPSA) is 26.7 Å². The normalized spacial score (nSPS) is 20.0. The SMILES string of the molecule is CCCN(CCCO)C1CCCN(Cc2ccccc2)C1. The van der Waals surface area contributed by atoms with Crippen molar-refractivity contribution in [3.8, 4) is 0 Å². The number of piperidine rings is 1. The highest BCUT2D eigenvalue weighted by molar-refractivity contribution is 5.14. The Balaban J connectivity index is 1.89. The van der Waals surface area contributed by atoms with E-state index in [9.17, 15) is 0 Å². The van der Waals surface area contributed by atoms with Gasteiger partial charge in [0.1, 0.15) is 0 Å². The summed E-state index contributed by atoms with van der Waals surface area (Å²) in [5, 5.41) is 9.09. The van der Waals surface area contributed by atoms with Crippen molar-refractivity contribution >= 4 is 0 Å². The molecule has 3 heteroatoms. The highest BCUT2D eigenvalue weighted by atomic mass is 16.3. The Bertz CT molecular complexity index is 382. The Hall–Kier alpha value is -0.900. The molecule has 118 valence electrons. The molecule has 1 heterocycles. The number of aliphatic hydroxyl groups is 1. The van der Waals surface area contributed by atoms with Crippen LogP contribution in [0.5, 0.6) is 0 Å². The number of hydrogen-bond acceptors (Lipinski definition) is 3. The first-order chi connectivity index (χ1) is 10.3. The molecule has 1 atom stereocenters. The van der Waals surface area contributed by atoms with E-state index in [2.05, 4.69) is 47.1 Å². The second kappa shape index (κ2) is 9.19. The van der Waals surface area contributed by atoms with Gasteiger partial charge in [0.25, 0.3) is 0 Å². The lowest BCUT2D eigenvalue weighted by Crippen LogP contribution is -2.48. The smallest absolute Gasteiger partial charge is 0.0443 e. The van der Waals surface area contributed by atoms with Gasteiger partial charge in [-0.05, 0) is 44.3 Å². The standard InChI is InChI=1S/C18H30N2O/c1-2-11-20(13-7-14-21)18-10-6-12-19(16-18)15-17-8-4-3-5-9-17/h3-5,8-9,18,21H,2,6-7,10-16H2,1H3. The molecule has 0 aliphatic carbocycles. The predicted octanol–water partition coefficient (Wildman–Crippen LogP) is 2.75. The molecule has 1 saturated heterocycles. The lowest BCUT2D eigenvalue weighted by Gasteiger charge is -2.39. The van der Waals surface area contributed by atoms with Crippen LogP contribution in [0.1, 0.15) is 38.2 Å². The number of aliphatic hydroxyl groups excluding tert-OH is 1. The quantitative estimate of drug-likeness (QED) is 0.797. The number of nitrogens with zero attached hydrogens (tertiary/aromatic N) is 2. The van der Waals surface area contributed by atoms with Crippen molar-refractivity contribution in [3.05, 3.63) is 35.9 Å². The molecule has 0 radical (unpaired) electrons. The zero-order valence-electron chi connectivity index (χ0n) is 13.4. The summed E-state index contributed by atoms with van der Waals surface area (Å²) in [6.45, 7) is 8.19. The van der Waals surface area contributed by atoms with Crippen LogP contribution in [0, 0.1) is 0 Å². The van der Waals surface area contributed by atoms with Gasteiger partial charge < -0.3 is 5.11 Å². The van der Waals surface area contributed by atoms with E-state index in [-0.39, 0.29) is 0 Å². The molecule has 1 aromatic carbocycles. The fourth-order valence-corrected chi connectivity index (χ4v) is 3.35. The van der Waals surface area contributed by atoms with Crippen molar-refractivity contribution in [2.24, 2.45) is 0 Å². The Morgan fingerprint density at radius 3 is 2.76 bits per heavy atom. The van der Waals surface area contributed by atoms with Gasteiger partial charge in [-0.1, -0.05) is 37.3 Å². The number of rotatable bonds is 8. The van der Waals surface area contributed by atoms with Crippen molar-refractivity contribution in [2.75, 3.05) is 32.8 Å². The largest absolute Gasteiger partial charge is 0.396 e. The Morgan fingerprint density at radius 2 is 2.05 bits per heavy atom. The molecule has 1 aliphatic rings. The van der Waals surface area contributed by atoms with E-state index in [0.29, 0.717) is 12.6 Å². The van der Waals surface area contributed by atoms with E-state index < -0.39 is 0 Å². The minimum Gasteiger partial charge on any atom is -0.396 e. The van der Waals surface area contributed by atoms with Gasteiger partial charge >= 0.3 is 0 Å². The molecule has 1 aromatic rings. The summed E-state index contributed by atoms with van der Waals surface area (Å²) in [7, 11) is 0. The molecular weight excluding hydrogens is 260 g/mol. The fraction of sp³-hybridized carbons (Fsp3) is 0.667. The molecule has 1 fully saturated rings. The van der Waals surface area contributed by atoms with Crippen LogP contribution < -0.4 is 0 Å². The maximum atomic E-state index is 9.09. The summed E-state index contributed by atoms with van der Waals surface area (Å²) < 4.78 is 0. The fourth-order valence-electron chi connectivity index (χ4n) is 3.35. The van der Waals surface area contributed by atoms with Crippen molar-refractivity contribution in [2.45, 2.75) is 45.2 Å². The number of benzene rings is 1. The molecule has 1 N–H and O–H groups in total. The van der Waals surface area contributed by atoms with Crippen molar-refractivity contribution in [1.82, 2.24) is 9.80 Å². The summed E-state index contributed by atoms with van der Waals surface area (Å²) in [5.74, 6) is 0. The van der Waals surface area contributed by atoms with Crippen LogP contribution in [0.15, 0.2) is 30.3 Å². The van der Waals surface area contributed by atoms with Crippen molar-refractivity contribution in [3.63, 3.8) is 0 Å². The van der Waals surface area contributed by atoms with Crippen LogP contribution in [0.4, 0.5) is 0 Å². The first-order valence-electron chi connectivity index (χ1n) is 8.44. The van der Waals surface area contributed by atoms with Crippen LogP contribution in [-0.4, -0.2) is 53.7 Å². The third kappa shape index (κ3) is 5.42. The average molecular weight is 290 g/mol. The van der Waals surface area contributed by atoms with E-state index >= 15 is 0 Å². The van der Waals surface area contributed by atoms with Crippen molar-refractivity contribution < 1.29 is 5.11 Å². The molecule has 21 heavy (non-hydrogen) atoms. The zero-order valence-corrected chi connectivity index (χ0v) is 13.4. The molecule has 0 aromatic heterocycles. The van der Waals surface area contributed by atoms with E-state index in [1.54, 1.807) is 0 Å². The summed E-state index contributed by atoms with van der Waals surface area (Å²) >= 11 is 0. The molecule has 0 amide bonds. The van der Waals surface area contributed by atoms with E-state index in [0.717, 1.165) is 26.1 Å². The molecule has 0 spiro atoms. The lowest BCUT2D eigenvalue weighted by molar-refractivity contribution is 0.0874. The molecule has 1 aliphatic heterocycles. The Labute approximate surface area is 129 Å². The van der Waals surface area contributed by atoms with Gasteiger partial charge in [0.05, 0.1) is 0 Å². The van der Waals surface area contributed by atoms with Gasteiger partial charge in [-0.15, -0.1) is 0 Å². The monoisotopic (exact) mass is 290 g/mol. The van der Waals surface area contributed by atoms with E-state index in [1.807, 2.05) is 0 Å². The van der Waals surface area contributed by atoms with Crippen LogP contribution in [0.25, 0.3) is 0 Å². The van der Waals surface area contributed by atoms with Crippen LogP contribution in [0.2, 0.25) is 0 Å². The van der Waals surface area contributed by atoms with Gasteiger partial charge in [0, 0.05) is 32.3 Å². The second-order valence-corrected chi connectivity index (χ2v) is 6.13. The third-order valence-corrected chi connectivity index (χ3v) is 4.36. The van der Waals surface area contributed by atoms with Crippen LogP contribution >= 0.6 is 0 Å². The first kappa shape index (κ1) is 16.5. The Kier molecular flexibility index (Phi) is 7.20. The maximum Gasteiger partial charge on any atom is 0.0443 e. The summed E-state index contributed by atoms with van der Waals surface area (Å²) in [5.41, 5.74) is 1.41. The first-order valence-corrected chi connectivity index (χ1v) is 8.44. The minimum absolute atomic E-state index is 0.306. The van der Waals surface area contributed by atoms with E-state index in [1.165, 1.54) is 37.9 Å². The average Bonchev–Trinajstić information content (AvgIpc) is 2.53. The molecule has 1 unspecified atom stereocenters. The Morgan fingerprint density at radius 1 is 1.24 bits per heavy atom. The molecule has 2 rings (SSSR count). The van der Waals surface area contributed by atoms with Gasteiger partial charge in [-0.25, -0.2) is 0 Å². The van der Waals surface area contributed by atoms with Gasteiger partial charge in [0.15, 0.2) is 0 Å². The van der Waals surface area contributed by atoms with Crippen LogP contribution in [-0.2, 0) is 6.54 Å².